The van der Waals surface area contributed by atoms with E-state index in [1.165, 1.54) is 55.7 Å². The normalized spacial score (nSPS) is 11.3. The summed E-state index contributed by atoms with van der Waals surface area (Å²) >= 11 is 0. The summed E-state index contributed by atoms with van der Waals surface area (Å²) in [5.41, 5.74) is 1.19. The molecule has 0 N–H and O–H groups in total. The van der Waals surface area contributed by atoms with E-state index in [0.29, 0.717) is 0 Å². The fourth-order valence-electron chi connectivity index (χ4n) is 2.60. The number of unbranched alkanes of at least 4 members (excludes halogenated alkanes) is 2. The van der Waals surface area contributed by atoms with Gasteiger partial charge in [0.15, 0.2) is 0 Å². The summed E-state index contributed by atoms with van der Waals surface area (Å²) < 4.78 is 5.81. The summed E-state index contributed by atoms with van der Waals surface area (Å²) in [7, 11) is -0.699. The Balaban J connectivity index is 2.77. The second-order valence-corrected chi connectivity index (χ2v) is 8.44. The maximum Gasteiger partial charge on any atom is 0.132 e. The minimum atomic E-state index is -0.699. The first-order valence-electron chi connectivity index (χ1n) is 9.12. The largest absolute Gasteiger partial charge is 0.385 e. The lowest BCUT2D eigenvalue weighted by molar-refractivity contribution is 0.188. The van der Waals surface area contributed by atoms with Crippen LogP contribution in [0.4, 0.5) is 0 Å². The van der Waals surface area contributed by atoms with E-state index in [-0.39, 0.29) is 0 Å². The van der Waals surface area contributed by atoms with E-state index in [0.717, 1.165) is 12.8 Å². The van der Waals surface area contributed by atoms with Crippen LogP contribution in [0.25, 0.3) is 6.08 Å². The van der Waals surface area contributed by atoms with Crippen molar-refractivity contribution in [3.8, 4) is 0 Å². The lowest BCUT2D eigenvalue weighted by Crippen LogP contribution is -2.47. The minimum Gasteiger partial charge on any atom is -0.385 e. The van der Waals surface area contributed by atoms with Crippen molar-refractivity contribution in [1.29, 1.82) is 0 Å². The summed E-state index contributed by atoms with van der Waals surface area (Å²) in [6, 6.07) is 8.92. The number of rotatable bonds is 13. The van der Waals surface area contributed by atoms with Crippen LogP contribution in [0.2, 0.25) is 0 Å². The Labute approximate surface area is 145 Å². The van der Waals surface area contributed by atoms with E-state index in [4.69, 9.17) is 4.74 Å². The molecule has 0 fully saturated rings. The lowest BCUT2D eigenvalue weighted by atomic mass is 10.2. The summed E-state index contributed by atoms with van der Waals surface area (Å²) in [6.07, 6.45) is 9.13. The Hall–Kier alpha value is -0.903. The maximum atomic E-state index is 5.81. The molecule has 129 valence electrons. The summed E-state index contributed by atoms with van der Waals surface area (Å²) in [5, 5.41) is 1.48. The number of hydrogen-bond acceptors (Lipinski definition) is 2. The topological polar surface area (TPSA) is 12.5 Å². The molecule has 0 unspecified atom stereocenters. The highest BCUT2D eigenvalue weighted by Crippen LogP contribution is 2.04. The van der Waals surface area contributed by atoms with Crippen LogP contribution in [0.5, 0.6) is 0 Å². The fraction of sp³-hybridized carbons (Fsp3) is 0.600. The van der Waals surface area contributed by atoms with Gasteiger partial charge < -0.3 is 9.64 Å². The van der Waals surface area contributed by atoms with Crippen molar-refractivity contribution < 1.29 is 4.74 Å². The average Bonchev–Trinajstić information content (AvgIpc) is 2.60. The van der Waals surface area contributed by atoms with Crippen LogP contribution in [0.1, 0.15) is 52.0 Å². The van der Waals surface area contributed by atoms with Gasteiger partial charge in [0, 0.05) is 12.8 Å². The molecule has 1 rings (SSSR count). The van der Waals surface area contributed by atoms with E-state index in [1.54, 1.807) is 0 Å². The van der Waals surface area contributed by atoms with Crippen molar-refractivity contribution >= 4 is 20.1 Å². The third kappa shape index (κ3) is 7.96. The molecule has 0 amide bonds. The Morgan fingerprint density at radius 2 is 1.65 bits per heavy atom. The van der Waals surface area contributed by atoms with Gasteiger partial charge in [0.05, 0.1) is 0 Å². The third-order valence-corrected chi connectivity index (χ3v) is 6.64. The Morgan fingerprint density at radius 3 is 2.13 bits per heavy atom. The van der Waals surface area contributed by atoms with Gasteiger partial charge >= 0.3 is 0 Å². The molecule has 1 aromatic rings. The molecule has 23 heavy (non-hydrogen) atoms. The first-order valence-corrected chi connectivity index (χ1v) is 11.0. The van der Waals surface area contributed by atoms with E-state index in [9.17, 15) is 0 Å². The van der Waals surface area contributed by atoms with Gasteiger partial charge in [-0.05, 0) is 44.6 Å². The summed E-state index contributed by atoms with van der Waals surface area (Å²) in [5.74, 6) is 0. The molecule has 0 aliphatic carbocycles. The van der Waals surface area contributed by atoms with E-state index in [1.807, 2.05) is 6.08 Å². The number of nitrogens with zero attached hydrogens (tertiary/aromatic N) is 1. The van der Waals surface area contributed by atoms with Crippen LogP contribution in [0.15, 0.2) is 30.8 Å². The van der Waals surface area contributed by atoms with Crippen molar-refractivity contribution in [2.75, 3.05) is 32.1 Å². The molecule has 2 nitrogen and oxygen atoms in total. The van der Waals surface area contributed by atoms with Crippen LogP contribution in [0.3, 0.4) is 0 Å². The zero-order chi connectivity index (χ0) is 16.9. The highest BCUT2D eigenvalue weighted by molar-refractivity contribution is 6.73. The van der Waals surface area contributed by atoms with Gasteiger partial charge in [0.25, 0.3) is 0 Å². The van der Waals surface area contributed by atoms with Gasteiger partial charge in [-0.3, -0.25) is 0 Å². The molecule has 0 spiro atoms. The molecule has 1 aromatic carbocycles. The molecule has 0 bridgehead atoms. The maximum absolute atomic E-state index is 5.81. The second-order valence-electron chi connectivity index (χ2n) is 6.05. The van der Waals surface area contributed by atoms with Gasteiger partial charge in [0.2, 0.25) is 0 Å². The van der Waals surface area contributed by atoms with Gasteiger partial charge in [0.1, 0.15) is 8.80 Å². The standard InChI is InChI=1S/C20H34NOSi/c1-5-9-15-21(16-10-6-2)17-23(18-22-8-4)20-13-11-19(7-3)12-14-20/h7,11-14H,3,5-6,8-10,15-18H2,1-2,4H3. The number of hydrogen-bond donors (Lipinski definition) is 0. The van der Waals surface area contributed by atoms with Crippen molar-refractivity contribution in [3.63, 3.8) is 0 Å². The lowest BCUT2D eigenvalue weighted by Gasteiger charge is -2.26. The molecule has 0 atom stereocenters. The van der Waals surface area contributed by atoms with Crippen molar-refractivity contribution in [2.24, 2.45) is 0 Å². The first-order chi connectivity index (χ1) is 11.2. The predicted molar refractivity (Wildman–Crippen MR) is 105 cm³/mol. The van der Waals surface area contributed by atoms with E-state index >= 15 is 0 Å². The zero-order valence-corrected chi connectivity index (χ0v) is 16.3. The van der Waals surface area contributed by atoms with Gasteiger partial charge in [-0.15, -0.1) is 0 Å². The summed E-state index contributed by atoms with van der Waals surface area (Å²) in [4.78, 5) is 2.67. The van der Waals surface area contributed by atoms with Crippen LogP contribution >= 0.6 is 0 Å². The van der Waals surface area contributed by atoms with Crippen molar-refractivity contribution in [2.45, 2.75) is 46.5 Å². The molecule has 0 aromatic heterocycles. The fourth-order valence-corrected chi connectivity index (χ4v) is 4.99. The van der Waals surface area contributed by atoms with Gasteiger partial charge in [-0.2, -0.15) is 0 Å². The van der Waals surface area contributed by atoms with Gasteiger partial charge in [-0.25, -0.2) is 0 Å². The number of benzene rings is 1. The highest BCUT2D eigenvalue weighted by atomic mass is 28.3. The predicted octanol–water partition coefficient (Wildman–Crippen LogP) is 4.05. The summed E-state index contributed by atoms with van der Waals surface area (Å²) in [6.45, 7) is 13.7. The molecule has 1 radical (unpaired) electrons. The molecule has 0 heterocycles. The monoisotopic (exact) mass is 332 g/mol. The molecule has 0 saturated heterocycles. The average molecular weight is 333 g/mol. The SMILES string of the molecule is C=Cc1ccc([Si](COCC)CN(CCCC)CCCC)cc1. The van der Waals surface area contributed by atoms with Crippen LogP contribution in [-0.4, -0.2) is 45.8 Å². The van der Waals surface area contributed by atoms with Gasteiger partial charge in [-0.1, -0.05) is 68.8 Å². The molecule has 3 heteroatoms. The Morgan fingerprint density at radius 1 is 1.04 bits per heavy atom. The van der Waals surface area contributed by atoms with Crippen molar-refractivity contribution in [1.82, 2.24) is 4.90 Å². The molecule has 0 aliphatic rings. The Kier molecular flexibility index (Phi) is 11.0. The third-order valence-electron chi connectivity index (χ3n) is 4.11. The van der Waals surface area contributed by atoms with Crippen molar-refractivity contribution in [3.05, 3.63) is 36.4 Å². The van der Waals surface area contributed by atoms with E-state index in [2.05, 4.69) is 56.5 Å². The highest BCUT2D eigenvalue weighted by Gasteiger charge is 2.18. The van der Waals surface area contributed by atoms with E-state index < -0.39 is 8.80 Å². The quantitative estimate of drug-likeness (QED) is 0.505. The number of ether oxygens (including phenoxy) is 1. The minimum absolute atomic E-state index is 0.699. The van der Waals surface area contributed by atoms with Crippen LogP contribution in [0, 0.1) is 0 Å². The zero-order valence-electron chi connectivity index (χ0n) is 15.3. The molecule has 0 aliphatic heterocycles. The van der Waals surface area contributed by atoms with Crippen LogP contribution < -0.4 is 5.19 Å². The Bertz CT molecular complexity index is 410. The smallest absolute Gasteiger partial charge is 0.132 e. The molecule has 0 saturated carbocycles. The second kappa shape index (κ2) is 12.5. The molecular formula is C20H34NOSi. The van der Waals surface area contributed by atoms with Crippen LogP contribution in [-0.2, 0) is 4.74 Å². The molecular weight excluding hydrogens is 298 g/mol. The first kappa shape index (κ1) is 20.1.